The lowest BCUT2D eigenvalue weighted by Crippen LogP contribution is -2.51. The highest BCUT2D eigenvalue weighted by Gasteiger charge is 2.59. The van der Waals surface area contributed by atoms with Gasteiger partial charge < -0.3 is 14.3 Å². The van der Waals surface area contributed by atoms with Crippen LogP contribution in [0.3, 0.4) is 0 Å². The van der Waals surface area contributed by atoms with Crippen LogP contribution in [0.5, 0.6) is 0 Å². The fraction of sp³-hybridized carbons (Fsp3) is 0.577. The van der Waals surface area contributed by atoms with Gasteiger partial charge in [0.2, 0.25) is 0 Å². The Morgan fingerprint density at radius 1 is 1.14 bits per heavy atom. The molecule has 1 aromatic carbocycles. The van der Waals surface area contributed by atoms with Crippen LogP contribution in [-0.4, -0.2) is 46.5 Å². The first-order chi connectivity index (χ1) is 17.0. The number of ether oxygens (including phenoxy) is 1. The third kappa shape index (κ3) is 5.26. The van der Waals surface area contributed by atoms with E-state index in [1.165, 1.54) is 28.6 Å². The molecule has 0 radical (unpaired) electrons. The summed E-state index contributed by atoms with van der Waals surface area (Å²) in [4.78, 5) is 27.6. The molecule has 1 aliphatic heterocycles. The van der Waals surface area contributed by atoms with E-state index < -0.39 is 42.7 Å². The van der Waals surface area contributed by atoms with Gasteiger partial charge in [-0.15, -0.1) is 11.8 Å². The molecule has 0 amide bonds. The van der Waals surface area contributed by atoms with E-state index in [4.69, 9.17) is 9.16 Å². The molecule has 1 aromatic heterocycles. The van der Waals surface area contributed by atoms with Crippen molar-refractivity contribution in [3.63, 3.8) is 0 Å². The number of aromatic amines is 1. The van der Waals surface area contributed by atoms with Crippen molar-refractivity contribution in [3.05, 3.63) is 63.4 Å². The molecule has 10 heteroatoms. The van der Waals surface area contributed by atoms with E-state index >= 15 is 0 Å². The molecule has 0 unspecified atom stereocenters. The van der Waals surface area contributed by atoms with Gasteiger partial charge in [0.1, 0.15) is 17.0 Å². The Morgan fingerprint density at radius 2 is 1.75 bits per heavy atom. The van der Waals surface area contributed by atoms with E-state index in [0.29, 0.717) is 16.6 Å². The van der Waals surface area contributed by atoms with Crippen LogP contribution in [0, 0.1) is 11.3 Å². The van der Waals surface area contributed by atoms with Gasteiger partial charge in [-0.25, -0.2) is 4.79 Å². The lowest BCUT2D eigenvalue weighted by atomic mass is 9.95. The molecule has 0 spiro atoms. The highest BCUT2D eigenvalue weighted by Crippen LogP contribution is 2.53. The van der Waals surface area contributed by atoms with Crippen molar-refractivity contribution in [2.75, 3.05) is 6.61 Å². The van der Waals surface area contributed by atoms with Gasteiger partial charge >= 0.3 is 5.69 Å². The molecule has 196 valence electrons. The Balaban J connectivity index is 2.06. The van der Waals surface area contributed by atoms with Gasteiger partial charge in [-0.05, 0) is 28.8 Å². The van der Waals surface area contributed by atoms with Crippen LogP contribution in [0.2, 0.25) is 16.6 Å². The molecule has 2 aromatic rings. The Morgan fingerprint density at radius 3 is 2.28 bits per heavy atom. The van der Waals surface area contributed by atoms with E-state index in [0.717, 1.165) is 4.90 Å². The molecule has 0 saturated carbocycles. The largest absolute Gasteiger partial charge is 0.413 e. The van der Waals surface area contributed by atoms with Gasteiger partial charge in [0.25, 0.3) is 5.56 Å². The van der Waals surface area contributed by atoms with Crippen LogP contribution < -0.4 is 11.2 Å². The van der Waals surface area contributed by atoms with E-state index in [1.54, 1.807) is 0 Å². The smallest absolute Gasteiger partial charge is 0.330 e. The maximum Gasteiger partial charge on any atom is 0.330 e. The Bertz CT molecular complexity index is 1150. The zero-order valence-corrected chi connectivity index (χ0v) is 23.6. The van der Waals surface area contributed by atoms with Crippen molar-refractivity contribution in [3.8, 4) is 6.07 Å². The van der Waals surface area contributed by atoms with Crippen LogP contribution in [0.4, 0.5) is 0 Å². The van der Waals surface area contributed by atoms with E-state index in [-0.39, 0.29) is 13.0 Å². The van der Waals surface area contributed by atoms with Crippen LogP contribution in [0.1, 0.15) is 54.2 Å². The monoisotopic (exact) mass is 531 g/mol. The molecule has 1 fully saturated rings. The number of rotatable bonds is 10. The summed E-state index contributed by atoms with van der Waals surface area (Å²) in [6.07, 6.45) is -1.59. The maximum atomic E-state index is 12.8. The number of hydrogen-bond donors (Lipinski definition) is 2. The molecule has 2 N–H and O–H groups in total. The molecule has 2 heterocycles. The van der Waals surface area contributed by atoms with Gasteiger partial charge in [-0.3, -0.25) is 14.3 Å². The summed E-state index contributed by atoms with van der Waals surface area (Å²) in [5.41, 5.74) is -0.158. The standard InChI is InChI=1S/C26H37N3O5SSi/c1-17(2)36(18(3)4,19(5)6)33-16-21-23(31)26(13-14-27,35-20-10-8-7-9-11-20)24(34-21)29-15-12-22(30)28-25(29)32/h7-12,15,17-19,21,23-24,31H,13,16H2,1-6H3,(H,28,30,32)/t21-,23-,24-,26-/m1/s1. The minimum Gasteiger partial charge on any atom is -0.413 e. The number of nitrogens with zero attached hydrogens (tertiary/aromatic N) is 2. The van der Waals surface area contributed by atoms with Crippen molar-refractivity contribution >= 4 is 20.1 Å². The Kier molecular flexibility index (Phi) is 9.06. The minimum absolute atomic E-state index is 0.0818. The number of aliphatic hydroxyl groups is 1. The van der Waals surface area contributed by atoms with Gasteiger partial charge in [0.05, 0.1) is 19.1 Å². The second-order valence-corrected chi connectivity index (χ2v) is 17.2. The van der Waals surface area contributed by atoms with Gasteiger partial charge in [-0.1, -0.05) is 59.7 Å². The number of hydrogen-bond acceptors (Lipinski definition) is 7. The quantitative estimate of drug-likeness (QED) is 0.436. The van der Waals surface area contributed by atoms with E-state index in [1.807, 2.05) is 30.3 Å². The predicted molar refractivity (Wildman–Crippen MR) is 143 cm³/mol. The van der Waals surface area contributed by atoms with Crippen molar-refractivity contribution in [2.45, 2.75) is 92.7 Å². The van der Waals surface area contributed by atoms with Gasteiger partial charge in [0.15, 0.2) is 14.5 Å². The molecule has 0 aliphatic carbocycles. The number of aliphatic hydroxyl groups excluding tert-OH is 1. The number of thioether (sulfide) groups is 1. The minimum atomic E-state index is -2.26. The summed E-state index contributed by atoms with van der Waals surface area (Å²) >= 11 is 1.31. The lowest BCUT2D eigenvalue weighted by molar-refractivity contribution is -0.0451. The molecular formula is C26H37N3O5SSi. The molecule has 1 aliphatic rings. The van der Waals surface area contributed by atoms with E-state index in [9.17, 15) is 20.0 Å². The van der Waals surface area contributed by atoms with Crippen LogP contribution in [0.25, 0.3) is 0 Å². The summed E-state index contributed by atoms with van der Waals surface area (Å²) in [5, 5.41) is 21.6. The molecule has 4 atom stereocenters. The van der Waals surface area contributed by atoms with Crippen molar-refractivity contribution in [1.29, 1.82) is 5.26 Å². The zero-order chi connectivity index (χ0) is 26.7. The predicted octanol–water partition coefficient (Wildman–Crippen LogP) is 4.43. The third-order valence-electron chi connectivity index (χ3n) is 7.29. The number of aromatic nitrogens is 2. The molecule has 0 bridgehead atoms. The highest BCUT2D eigenvalue weighted by atomic mass is 32.2. The van der Waals surface area contributed by atoms with Crippen LogP contribution in [-0.2, 0) is 9.16 Å². The fourth-order valence-corrected chi connectivity index (χ4v) is 12.6. The van der Waals surface area contributed by atoms with Crippen LogP contribution >= 0.6 is 11.8 Å². The average molecular weight is 532 g/mol. The first kappa shape index (κ1) is 28.4. The maximum absolute atomic E-state index is 12.8. The zero-order valence-electron chi connectivity index (χ0n) is 21.8. The summed E-state index contributed by atoms with van der Waals surface area (Å²) in [6, 6.07) is 12.9. The summed E-state index contributed by atoms with van der Waals surface area (Å²) in [5.74, 6) is 0. The molecule has 8 nitrogen and oxygen atoms in total. The van der Waals surface area contributed by atoms with Crippen LogP contribution in [0.15, 0.2) is 57.1 Å². The normalized spacial score (nSPS) is 24.5. The number of H-pyrrole nitrogens is 1. The Labute approximate surface area is 217 Å². The fourth-order valence-electron chi connectivity index (χ4n) is 5.76. The van der Waals surface area contributed by atoms with Crippen molar-refractivity contribution in [1.82, 2.24) is 9.55 Å². The number of nitriles is 1. The first-order valence-corrected chi connectivity index (χ1v) is 15.3. The average Bonchev–Trinajstić information content (AvgIpc) is 3.06. The summed E-state index contributed by atoms with van der Waals surface area (Å²) in [7, 11) is -2.26. The van der Waals surface area contributed by atoms with Crippen molar-refractivity contribution in [2.24, 2.45) is 0 Å². The third-order valence-corrected chi connectivity index (χ3v) is 14.8. The van der Waals surface area contributed by atoms with Gasteiger partial charge in [0, 0.05) is 17.2 Å². The SMILES string of the molecule is CC(C)[Si](OC[C@H]1O[C@@H](n2ccc(=O)[nH]c2=O)[C@](CC#N)(Sc2ccccc2)[C@@H]1O)(C(C)C)C(C)C. The molecule has 36 heavy (non-hydrogen) atoms. The van der Waals surface area contributed by atoms with Crippen molar-refractivity contribution < 1.29 is 14.3 Å². The summed E-state index contributed by atoms with van der Waals surface area (Å²) < 4.78 is 13.2. The summed E-state index contributed by atoms with van der Waals surface area (Å²) in [6.45, 7) is 13.3. The topological polar surface area (TPSA) is 117 Å². The molecule has 3 rings (SSSR count). The number of benzene rings is 1. The molecular weight excluding hydrogens is 494 g/mol. The van der Waals surface area contributed by atoms with Gasteiger partial charge in [-0.2, -0.15) is 5.26 Å². The van der Waals surface area contributed by atoms with E-state index in [2.05, 4.69) is 52.6 Å². The second-order valence-electron chi connectivity index (χ2n) is 10.3. The second kappa shape index (κ2) is 11.5. The highest BCUT2D eigenvalue weighted by molar-refractivity contribution is 8.00. The number of nitrogens with one attached hydrogen (secondary N) is 1. The first-order valence-electron chi connectivity index (χ1n) is 12.4. The lowest BCUT2D eigenvalue weighted by Gasteiger charge is -2.43. The molecule has 1 saturated heterocycles. The Hall–Kier alpha value is -2.16.